The molecular formula is C16H29NO2. The normalized spacial score (nSPS) is 26.6. The lowest BCUT2D eigenvalue weighted by atomic mass is 9.89. The van der Waals surface area contributed by atoms with E-state index >= 15 is 0 Å². The first-order chi connectivity index (χ1) is 9.15. The molecule has 19 heavy (non-hydrogen) atoms. The molecule has 1 fully saturated rings. The highest BCUT2D eigenvalue weighted by Gasteiger charge is 2.20. The van der Waals surface area contributed by atoms with Crippen LogP contribution in [0.5, 0.6) is 0 Å². The molecule has 1 aliphatic rings. The Morgan fingerprint density at radius 2 is 2.26 bits per heavy atom. The lowest BCUT2D eigenvalue weighted by Gasteiger charge is -2.27. The van der Waals surface area contributed by atoms with Crippen LogP contribution in [0.15, 0.2) is 0 Å². The number of rotatable bonds is 8. The highest BCUT2D eigenvalue weighted by molar-refractivity contribution is 4.98. The van der Waals surface area contributed by atoms with Gasteiger partial charge in [0.15, 0.2) is 0 Å². The molecule has 0 aromatic rings. The van der Waals surface area contributed by atoms with E-state index in [1.54, 1.807) is 0 Å². The minimum absolute atomic E-state index is 0.0642. The van der Waals surface area contributed by atoms with Gasteiger partial charge in [0.2, 0.25) is 0 Å². The zero-order valence-corrected chi connectivity index (χ0v) is 12.4. The highest BCUT2D eigenvalue weighted by atomic mass is 16.5. The number of aliphatic hydroxyl groups excluding tert-OH is 1. The van der Waals surface area contributed by atoms with Crippen molar-refractivity contribution in [3.05, 3.63) is 0 Å². The van der Waals surface area contributed by atoms with Gasteiger partial charge in [-0.05, 0) is 25.2 Å². The van der Waals surface area contributed by atoms with Crippen molar-refractivity contribution in [1.29, 1.82) is 0 Å². The van der Waals surface area contributed by atoms with E-state index in [4.69, 9.17) is 11.2 Å². The topological polar surface area (TPSA) is 41.5 Å². The average Bonchev–Trinajstić information content (AvgIpc) is 2.41. The molecule has 0 amide bonds. The number of hydrogen-bond donors (Lipinski definition) is 2. The standard InChI is InChI=1S/C16H29NO2/c1-4-7-14(5-2)17-11-15(18)12-19-16-9-6-8-13(3)10-16/h2,13-18H,4,6-12H2,1,3H3. The Morgan fingerprint density at radius 3 is 2.89 bits per heavy atom. The van der Waals surface area contributed by atoms with Crippen LogP contribution in [0.3, 0.4) is 0 Å². The zero-order valence-electron chi connectivity index (χ0n) is 12.4. The Labute approximate surface area is 118 Å². The van der Waals surface area contributed by atoms with Gasteiger partial charge in [0.1, 0.15) is 0 Å². The summed E-state index contributed by atoms with van der Waals surface area (Å²) in [4.78, 5) is 0. The molecule has 0 aromatic carbocycles. The molecule has 0 bridgehead atoms. The van der Waals surface area contributed by atoms with Gasteiger partial charge in [0.05, 0.1) is 24.9 Å². The fourth-order valence-corrected chi connectivity index (χ4v) is 2.65. The van der Waals surface area contributed by atoms with Gasteiger partial charge in [-0.3, -0.25) is 0 Å². The van der Waals surface area contributed by atoms with E-state index < -0.39 is 6.10 Å². The molecule has 0 saturated heterocycles. The van der Waals surface area contributed by atoms with Gasteiger partial charge >= 0.3 is 0 Å². The van der Waals surface area contributed by atoms with Crippen molar-refractivity contribution < 1.29 is 9.84 Å². The van der Waals surface area contributed by atoms with Crippen LogP contribution < -0.4 is 5.32 Å². The molecule has 4 unspecified atom stereocenters. The van der Waals surface area contributed by atoms with Crippen LogP contribution in [-0.2, 0) is 4.74 Å². The number of ether oxygens (including phenoxy) is 1. The molecule has 3 nitrogen and oxygen atoms in total. The third kappa shape index (κ3) is 6.96. The highest BCUT2D eigenvalue weighted by Crippen LogP contribution is 2.25. The van der Waals surface area contributed by atoms with E-state index in [1.807, 2.05) is 0 Å². The summed E-state index contributed by atoms with van der Waals surface area (Å²) in [5, 5.41) is 13.1. The van der Waals surface area contributed by atoms with Crippen molar-refractivity contribution in [2.75, 3.05) is 13.2 Å². The Morgan fingerprint density at radius 1 is 1.47 bits per heavy atom. The fraction of sp³-hybridized carbons (Fsp3) is 0.875. The van der Waals surface area contributed by atoms with Crippen molar-refractivity contribution in [1.82, 2.24) is 5.32 Å². The van der Waals surface area contributed by atoms with Crippen molar-refractivity contribution >= 4 is 0 Å². The van der Waals surface area contributed by atoms with Crippen molar-refractivity contribution in [2.24, 2.45) is 5.92 Å². The van der Waals surface area contributed by atoms with Crippen LogP contribution in [-0.4, -0.2) is 36.5 Å². The van der Waals surface area contributed by atoms with Gasteiger partial charge in [-0.1, -0.05) is 39.0 Å². The monoisotopic (exact) mass is 267 g/mol. The summed E-state index contributed by atoms with van der Waals surface area (Å²) < 4.78 is 5.80. The van der Waals surface area contributed by atoms with Gasteiger partial charge in [-0.25, -0.2) is 0 Å². The van der Waals surface area contributed by atoms with Crippen molar-refractivity contribution in [3.63, 3.8) is 0 Å². The lowest BCUT2D eigenvalue weighted by molar-refractivity contribution is -0.0309. The summed E-state index contributed by atoms with van der Waals surface area (Å²) in [6, 6.07) is 0.0642. The van der Waals surface area contributed by atoms with Crippen molar-refractivity contribution in [3.8, 4) is 12.3 Å². The maximum Gasteiger partial charge on any atom is 0.0898 e. The predicted molar refractivity (Wildman–Crippen MR) is 78.9 cm³/mol. The van der Waals surface area contributed by atoms with E-state index in [9.17, 15) is 5.11 Å². The molecule has 0 aromatic heterocycles. The summed E-state index contributed by atoms with van der Waals surface area (Å²) in [6.45, 7) is 5.30. The van der Waals surface area contributed by atoms with Gasteiger partial charge in [-0.2, -0.15) is 0 Å². The first-order valence-corrected chi connectivity index (χ1v) is 7.64. The van der Waals surface area contributed by atoms with Crippen LogP contribution in [0.4, 0.5) is 0 Å². The van der Waals surface area contributed by atoms with E-state index in [0.717, 1.165) is 31.6 Å². The quantitative estimate of drug-likeness (QED) is 0.663. The second kappa shape index (κ2) is 9.36. The number of hydrogen-bond acceptors (Lipinski definition) is 3. The second-order valence-electron chi connectivity index (χ2n) is 5.80. The minimum Gasteiger partial charge on any atom is -0.389 e. The third-order valence-electron chi connectivity index (χ3n) is 3.79. The molecule has 0 radical (unpaired) electrons. The average molecular weight is 267 g/mol. The van der Waals surface area contributed by atoms with Crippen LogP contribution in [0.25, 0.3) is 0 Å². The summed E-state index contributed by atoms with van der Waals surface area (Å²) in [6.07, 6.45) is 12.1. The van der Waals surface area contributed by atoms with Gasteiger partial charge in [0, 0.05) is 6.54 Å². The molecule has 0 aliphatic heterocycles. The molecule has 4 atom stereocenters. The molecule has 110 valence electrons. The SMILES string of the molecule is C#CC(CCC)NCC(O)COC1CCCC(C)C1. The number of nitrogens with one attached hydrogen (secondary N) is 1. The number of terminal acetylenes is 1. The smallest absolute Gasteiger partial charge is 0.0898 e. The van der Waals surface area contributed by atoms with Crippen LogP contribution >= 0.6 is 0 Å². The summed E-state index contributed by atoms with van der Waals surface area (Å²) in [5.41, 5.74) is 0. The van der Waals surface area contributed by atoms with Crippen LogP contribution in [0.1, 0.15) is 52.4 Å². The Bertz CT molecular complexity index is 274. The minimum atomic E-state index is -0.468. The summed E-state index contributed by atoms with van der Waals surface area (Å²) >= 11 is 0. The van der Waals surface area contributed by atoms with E-state index in [1.165, 1.54) is 12.8 Å². The zero-order chi connectivity index (χ0) is 14.1. The third-order valence-corrected chi connectivity index (χ3v) is 3.79. The molecule has 0 heterocycles. The second-order valence-corrected chi connectivity index (χ2v) is 5.80. The van der Waals surface area contributed by atoms with E-state index in [0.29, 0.717) is 19.3 Å². The van der Waals surface area contributed by atoms with E-state index in [2.05, 4.69) is 25.1 Å². The summed E-state index contributed by atoms with van der Waals surface area (Å²) in [7, 11) is 0. The molecule has 1 rings (SSSR count). The largest absolute Gasteiger partial charge is 0.389 e. The van der Waals surface area contributed by atoms with Crippen LogP contribution in [0.2, 0.25) is 0 Å². The maximum absolute atomic E-state index is 9.90. The first-order valence-electron chi connectivity index (χ1n) is 7.64. The van der Waals surface area contributed by atoms with Crippen molar-refractivity contribution in [2.45, 2.75) is 70.6 Å². The Kier molecular flexibility index (Phi) is 8.13. The maximum atomic E-state index is 9.90. The summed E-state index contributed by atoms with van der Waals surface area (Å²) in [5.74, 6) is 3.46. The number of aliphatic hydroxyl groups is 1. The first kappa shape index (κ1) is 16.5. The van der Waals surface area contributed by atoms with Crippen LogP contribution in [0, 0.1) is 18.3 Å². The molecule has 1 aliphatic carbocycles. The van der Waals surface area contributed by atoms with Gasteiger partial charge < -0.3 is 15.2 Å². The van der Waals surface area contributed by atoms with Gasteiger partial charge in [0.25, 0.3) is 0 Å². The molecule has 1 saturated carbocycles. The van der Waals surface area contributed by atoms with E-state index in [-0.39, 0.29) is 6.04 Å². The molecule has 0 spiro atoms. The fourth-order valence-electron chi connectivity index (χ4n) is 2.65. The molecule has 3 heteroatoms. The lowest BCUT2D eigenvalue weighted by Crippen LogP contribution is -2.37. The Hall–Kier alpha value is -0.560. The Balaban J connectivity index is 2.13. The molecular weight excluding hydrogens is 238 g/mol. The molecule has 2 N–H and O–H groups in total. The predicted octanol–water partition coefficient (Wildman–Crippen LogP) is 2.33. The van der Waals surface area contributed by atoms with Gasteiger partial charge in [-0.15, -0.1) is 6.42 Å².